The second-order valence-electron chi connectivity index (χ2n) is 7.72. The third kappa shape index (κ3) is 4.24. The molecule has 3 heterocycles. The van der Waals surface area contributed by atoms with Gasteiger partial charge in [-0.05, 0) is 32.9 Å². The Labute approximate surface area is 153 Å². The molecule has 0 atom stereocenters. The van der Waals surface area contributed by atoms with E-state index in [0.29, 0.717) is 45.0 Å². The molecule has 0 spiro atoms. The lowest BCUT2D eigenvalue weighted by atomic mass is 10.1. The van der Waals surface area contributed by atoms with Crippen LogP contribution in [0.4, 0.5) is 10.5 Å². The van der Waals surface area contributed by atoms with E-state index in [9.17, 15) is 14.7 Å². The van der Waals surface area contributed by atoms with Crippen LogP contribution in [0.1, 0.15) is 31.3 Å². The van der Waals surface area contributed by atoms with Crippen LogP contribution in [0.2, 0.25) is 0 Å². The number of piperazine rings is 1. The summed E-state index contributed by atoms with van der Waals surface area (Å²) < 4.78 is 5.40. The number of aliphatic hydroxyl groups excluding tert-OH is 1. The third-order valence-corrected chi connectivity index (χ3v) is 4.41. The SMILES string of the molecule is CC(C)(C)OC(=O)N1CCN(c2ccc(C(=O)N3CC(O)C3)nc2)CC1. The number of carbonyl (C=O) groups excluding carboxylic acids is 2. The molecule has 1 N–H and O–H groups in total. The normalized spacial score (nSPS) is 18.5. The topological polar surface area (TPSA) is 86.2 Å². The van der Waals surface area contributed by atoms with Crippen molar-refractivity contribution in [3.05, 3.63) is 24.0 Å². The number of aliphatic hydroxyl groups is 1. The number of pyridine rings is 1. The average molecular weight is 362 g/mol. The number of likely N-dealkylation sites (tertiary alicyclic amines) is 1. The molecule has 26 heavy (non-hydrogen) atoms. The van der Waals surface area contributed by atoms with Crippen LogP contribution in [-0.2, 0) is 4.74 Å². The number of carbonyl (C=O) groups is 2. The number of amides is 2. The van der Waals surface area contributed by atoms with Crippen LogP contribution in [0.25, 0.3) is 0 Å². The summed E-state index contributed by atoms with van der Waals surface area (Å²) in [5.74, 6) is -0.156. The summed E-state index contributed by atoms with van der Waals surface area (Å²) in [6.07, 6.45) is 0.986. The lowest BCUT2D eigenvalue weighted by Crippen LogP contribution is -2.53. The summed E-state index contributed by atoms with van der Waals surface area (Å²) in [5.41, 5.74) is 0.814. The molecule has 142 valence electrons. The molecule has 0 aliphatic carbocycles. The minimum Gasteiger partial charge on any atom is -0.444 e. The first-order valence-electron chi connectivity index (χ1n) is 8.89. The fourth-order valence-corrected chi connectivity index (χ4v) is 2.96. The van der Waals surface area contributed by atoms with Gasteiger partial charge in [0.1, 0.15) is 11.3 Å². The van der Waals surface area contributed by atoms with Gasteiger partial charge in [0.2, 0.25) is 0 Å². The molecular weight excluding hydrogens is 336 g/mol. The largest absolute Gasteiger partial charge is 0.444 e. The van der Waals surface area contributed by atoms with Gasteiger partial charge in [-0.1, -0.05) is 0 Å². The Kier molecular flexibility index (Phi) is 5.04. The predicted molar refractivity (Wildman–Crippen MR) is 96.2 cm³/mol. The van der Waals surface area contributed by atoms with Gasteiger partial charge in [0.15, 0.2) is 0 Å². The molecule has 8 nitrogen and oxygen atoms in total. The molecule has 2 amide bonds. The van der Waals surface area contributed by atoms with Gasteiger partial charge < -0.3 is 24.5 Å². The highest BCUT2D eigenvalue weighted by Gasteiger charge is 2.30. The van der Waals surface area contributed by atoms with E-state index in [1.165, 1.54) is 0 Å². The van der Waals surface area contributed by atoms with Crippen molar-refractivity contribution >= 4 is 17.7 Å². The molecule has 0 radical (unpaired) electrons. The van der Waals surface area contributed by atoms with E-state index in [0.717, 1.165) is 5.69 Å². The second kappa shape index (κ2) is 7.11. The molecule has 1 aromatic heterocycles. The van der Waals surface area contributed by atoms with E-state index in [4.69, 9.17) is 4.74 Å². The fourth-order valence-electron chi connectivity index (χ4n) is 2.96. The number of hydrogen-bond donors (Lipinski definition) is 1. The Morgan fingerprint density at radius 2 is 1.77 bits per heavy atom. The highest BCUT2D eigenvalue weighted by molar-refractivity contribution is 5.93. The first-order chi connectivity index (χ1) is 12.2. The maximum Gasteiger partial charge on any atom is 0.410 e. The van der Waals surface area contributed by atoms with Crippen LogP contribution in [0.15, 0.2) is 18.3 Å². The van der Waals surface area contributed by atoms with E-state index in [2.05, 4.69) is 9.88 Å². The standard InChI is InChI=1S/C18H26N4O4/c1-18(2,3)26-17(25)21-8-6-20(7-9-21)13-4-5-15(19-10-13)16(24)22-11-14(23)12-22/h4-5,10,14,23H,6-9,11-12H2,1-3H3. The van der Waals surface area contributed by atoms with Crippen LogP contribution in [0.3, 0.4) is 0 Å². The molecule has 2 fully saturated rings. The van der Waals surface area contributed by atoms with Crippen LogP contribution >= 0.6 is 0 Å². The number of nitrogens with zero attached hydrogens (tertiary/aromatic N) is 4. The van der Waals surface area contributed by atoms with Crippen LogP contribution in [0, 0.1) is 0 Å². The van der Waals surface area contributed by atoms with E-state index < -0.39 is 11.7 Å². The minimum absolute atomic E-state index is 0.156. The van der Waals surface area contributed by atoms with E-state index in [1.807, 2.05) is 26.8 Å². The maximum atomic E-state index is 12.2. The number of rotatable bonds is 2. The van der Waals surface area contributed by atoms with Gasteiger partial charge in [-0.25, -0.2) is 9.78 Å². The lowest BCUT2D eigenvalue weighted by Gasteiger charge is -2.37. The Hall–Kier alpha value is -2.35. The van der Waals surface area contributed by atoms with Gasteiger partial charge in [-0.15, -0.1) is 0 Å². The van der Waals surface area contributed by atoms with Gasteiger partial charge in [-0.3, -0.25) is 4.79 Å². The smallest absolute Gasteiger partial charge is 0.410 e. The summed E-state index contributed by atoms with van der Waals surface area (Å²) in [6.45, 7) is 8.86. The zero-order valence-electron chi connectivity index (χ0n) is 15.5. The van der Waals surface area contributed by atoms with Crippen LogP contribution in [-0.4, -0.2) is 82.9 Å². The highest BCUT2D eigenvalue weighted by Crippen LogP contribution is 2.19. The molecule has 0 aromatic carbocycles. The van der Waals surface area contributed by atoms with Crippen molar-refractivity contribution in [3.63, 3.8) is 0 Å². The Bertz CT molecular complexity index is 657. The first-order valence-corrected chi connectivity index (χ1v) is 8.89. The van der Waals surface area contributed by atoms with Gasteiger partial charge in [0, 0.05) is 39.3 Å². The summed E-state index contributed by atoms with van der Waals surface area (Å²) in [4.78, 5) is 34.0. The molecule has 3 rings (SSSR count). The van der Waals surface area contributed by atoms with Crippen LogP contribution < -0.4 is 4.90 Å². The lowest BCUT2D eigenvalue weighted by molar-refractivity contribution is 0.00550. The average Bonchev–Trinajstić information content (AvgIpc) is 2.57. The Balaban J connectivity index is 1.53. The van der Waals surface area contributed by atoms with Gasteiger partial charge in [0.05, 0.1) is 18.0 Å². The van der Waals surface area contributed by atoms with Crippen molar-refractivity contribution in [2.24, 2.45) is 0 Å². The molecule has 1 aromatic rings. The minimum atomic E-state index is -0.493. The quantitative estimate of drug-likeness (QED) is 0.843. The van der Waals surface area contributed by atoms with E-state index in [-0.39, 0.29) is 12.0 Å². The molecule has 2 aliphatic rings. The van der Waals surface area contributed by atoms with Gasteiger partial charge in [-0.2, -0.15) is 0 Å². The molecule has 2 aliphatic heterocycles. The van der Waals surface area contributed by atoms with E-state index >= 15 is 0 Å². The summed E-state index contributed by atoms with van der Waals surface area (Å²) in [6, 6.07) is 3.59. The molecule has 0 bridgehead atoms. The Morgan fingerprint density at radius 3 is 2.27 bits per heavy atom. The van der Waals surface area contributed by atoms with Gasteiger partial charge in [0.25, 0.3) is 5.91 Å². The molecule has 0 saturated carbocycles. The zero-order valence-corrected chi connectivity index (χ0v) is 15.5. The van der Waals surface area contributed by atoms with Crippen molar-refractivity contribution in [1.82, 2.24) is 14.8 Å². The van der Waals surface area contributed by atoms with Gasteiger partial charge >= 0.3 is 6.09 Å². The summed E-state index contributed by atoms with van der Waals surface area (Å²) in [7, 11) is 0. The van der Waals surface area contributed by atoms with E-state index in [1.54, 1.807) is 22.1 Å². The molecule has 0 unspecified atom stereocenters. The zero-order chi connectivity index (χ0) is 18.9. The third-order valence-electron chi connectivity index (χ3n) is 4.41. The monoisotopic (exact) mass is 362 g/mol. The highest BCUT2D eigenvalue weighted by atomic mass is 16.6. The number of hydrogen-bond acceptors (Lipinski definition) is 6. The number of anilines is 1. The summed E-state index contributed by atoms with van der Waals surface area (Å²) in [5, 5.41) is 9.29. The van der Waals surface area contributed by atoms with Crippen molar-refractivity contribution in [3.8, 4) is 0 Å². The first kappa shape index (κ1) is 18.4. The maximum absolute atomic E-state index is 12.2. The molecular formula is C18H26N4O4. The van der Waals surface area contributed by atoms with Crippen molar-refractivity contribution in [2.45, 2.75) is 32.5 Å². The number of ether oxygens (including phenoxy) is 1. The molecule has 2 saturated heterocycles. The van der Waals surface area contributed by atoms with Crippen molar-refractivity contribution < 1.29 is 19.4 Å². The van der Waals surface area contributed by atoms with Crippen molar-refractivity contribution in [1.29, 1.82) is 0 Å². The predicted octanol–water partition coefficient (Wildman–Crippen LogP) is 0.955. The second-order valence-corrected chi connectivity index (χ2v) is 7.72. The van der Waals surface area contributed by atoms with Crippen LogP contribution in [0.5, 0.6) is 0 Å². The number of β-amino-alcohol motifs (C(OH)–C–C–N with tert-alkyl or cyclic N) is 1. The summed E-state index contributed by atoms with van der Waals surface area (Å²) >= 11 is 0. The Morgan fingerprint density at radius 1 is 1.12 bits per heavy atom. The van der Waals surface area contributed by atoms with Crippen molar-refractivity contribution in [2.75, 3.05) is 44.2 Å². The molecule has 8 heteroatoms. The number of aromatic nitrogens is 1. The fraction of sp³-hybridized carbons (Fsp3) is 0.611.